The topological polar surface area (TPSA) is 26.3 Å². The van der Waals surface area contributed by atoms with E-state index < -0.39 is 0 Å². The van der Waals surface area contributed by atoms with Crippen molar-refractivity contribution in [3.05, 3.63) is 34.9 Å². The van der Waals surface area contributed by atoms with Gasteiger partial charge in [-0.3, -0.25) is 4.79 Å². The minimum absolute atomic E-state index is 0.0134. The molecular weight excluding hydrogens is 200 g/mol. The average Bonchev–Trinajstić information content (AvgIpc) is 2.61. The lowest BCUT2D eigenvalue weighted by Crippen LogP contribution is -2.19. The van der Waals surface area contributed by atoms with Gasteiger partial charge < -0.3 is 4.74 Å². The van der Waals surface area contributed by atoms with Crippen molar-refractivity contribution in [3.8, 4) is 0 Å². The van der Waals surface area contributed by atoms with E-state index in [2.05, 4.69) is 25.1 Å². The van der Waals surface area contributed by atoms with E-state index in [-0.39, 0.29) is 12.1 Å². The van der Waals surface area contributed by atoms with Crippen LogP contribution in [0.25, 0.3) is 0 Å². The van der Waals surface area contributed by atoms with Crippen LogP contribution in [0.2, 0.25) is 0 Å². The van der Waals surface area contributed by atoms with Gasteiger partial charge in [-0.1, -0.05) is 18.2 Å². The standard InChI is InChI=1S/C14H18O2/c1-9-5-4-6-14-12(9)7-8-13(14)10(2)16-11(3)15/h4-6,10,13H,7-8H2,1-3H3. The average molecular weight is 218 g/mol. The summed E-state index contributed by atoms with van der Waals surface area (Å²) < 4.78 is 5.29. The molecule has 0 amide bonds. The zero-order chi connectivity index (χ0) is 11.7. The van der Waals surface area contributed by atoms with Crippen molar-refractivity contribution in [3.63, 3.8) is 0 Å². The summed E-state index contributed by atoms with van der Waals surface area (Å²) in [5, 5.41) is 0. The lowest BCUT2D eigenvalue weighted by Gasteiger charge is -2.20. The Labute approximate surface area is 96.6 Å². The summed E-state index contributed by atoms with van der Waals surface area (Å²) in [4.78, 5) is 11.0. The van der Waals surface area contributed by atoms with Crippen molar-refractivity contribution in [1.29, 1.82) is 0 Å². The highest BCUT2D eigenvalue weighted by molar-refractivity contribution is 5.66. The monoisotopic (exact) mass is 218 g/mol. The molecule has 0 saturated heterocycles. The molecule has 1 aromatic carbocycles. The van der Waals surface area contributed by atoms with Crippen molar-refractivity contribution >= 4 is 5.97 Å². The Hall–Kier alpha value is -1.31. The summed E-state index contributed by atoms with van der Waals surface area (Å²) in [5.41, 5.74) is 4.18. The molecule has 0 spiro atoms. The van der Waals surface area contributed by atoms with Crippen LogP contribution < -0.4 is 0 Å². The second-order valence-corrected chi connectivity index (χ2v) is 4.60. The summed E-state index contributed by atoms with van der Waals surface area (Å²) >= 11 is 0. The molecule has 0 saturated carbocycles. The smallest absolute Gasteiger partial charge is 0.302 e. The van der Waals surface area contributed by atoms with Crippen LogP contribution in [0.1, 0.15) is 42.9 Å². The quantitative estimate of drug-likeness (QED) is 0.713. The molecule has 86 valence electrons. The predicted octanol–water partition coefficient (Wildman–Crippen LogP) is 2.98. The van der Waals surface area contributed by atoms with Crippen LogP contribution in [0.4, 0.5) is 0 Å². The second-order valence-electron chi connectivity index (χ2n) is 4.60. The van der Waals surface area contributed by atoms with E-state index in [1.807, 2.05) is 6.92 Å². The number of carbonyl (C=O) groups excluding carboxylic acids is 1. The van der Waals surface area contributed by atoms with Crippen LogP contribution >= 0.6 is 0 Å². The maximum atomic E-state index is 11.0. The van der Waals surface area contributed by atoms with Crippen LogP contribution in [0, 0.1) is 6.92 Å². The molecule has 1 aliphatic rings. The molecule has 1 aromatic rings. The van der Waals surface area contributed by atoms with E-state index in [9.17, 15) is 4.79 Å². The van der Waals surface area contributed by atoms with Crippen molar-refractivity contribution in [2.75, 3.05) is 0 Å². The molecule has 2 atom stereocenters. The summed E-state index contributed by atoms with van der Waals surface area (Å²) in [6.45, 7) is 5.61. The second kappa shape index (κ2) is 4.28. The van der Waals surface area contributed by atoms with E-state index in [1.54, 1.807) is 0 Å². The maximum absolute atomic E-state index is 11.0. The number of hydrogen-bond acceptors (Lipinski definition) is 2. The van der Waals surface area contributed by atoms with Gasteiger partial charge in [0.25, 0.3) is 0 Å². The van der Waals surface area contributed by atoms with Gasteiger partial charge in [-0.25, -0.2) is 0 Å². The van der Waals surface area contributed by atoms with E-state index in [4.69, 9.17) is 4.74 Å². The van der Waals surface area contributed by atoms with Gasteiger partial charge in [0.1, 0.15) is 6.10 Å². The van der Waals surface area contributed by atoms with Crippen LogP contribution in [0.15, 0.2) is 18.2 Å². The number of fused-ring (bicyclic) bond motifs is 1. The highest BCUT2D eigenvalue weighted by Gasteiger charge is 2.29. The minimum Gasteiger partial charge on any atom is -0.462 e. The van der Waals surface area contributed by atoms with E-state index in [0.29, 0.717) is 5.92 Å². The predicted molar refractivity (Wildman–Crippen MR) is 63.5 cm³/mol. The normalized spacial score (nSPS) is 20.3. The zero-order valence-electron chi connectivity index (χ0n) is 10.1. The van der Waals surface area contributed by atoms with Gasteiger partial charge in [0.05, 0.1) is 0 Å². The van der Waals surface area contributed by atoms with Crippen LogP contribution in [-0.4, -0.2) is 12.1 Å². The van der Waals surface area contributed by atoms with Gasteiger partial charge in [0.15, 0.2) is 0 Å². The molecule has 2 heteroatoms. The van der Waals surface area contributed by atoms with Crippen molar-refractivity contribution in [2.45, 2.75) is 45.6 Å². The van der Waals surface area contributed by atoms with Crippen LogP contribution in [0.5, 0.6) is 0 Å². The molecule has 0 aliphatic heterocycles. The molecule has 0 bridgehead atoms. The summed E-state index contributed by atoms with van der Waals surface area (Å²) in [7, 11) is 0. The first-order valence-corrected chi connectivity index (χ1v) is 5.85. The van der Waals surface area contributed by atoms with Gasteiger partial charge in [-0.2, -0.15) is 0 Å². The number of hydrogen-bond donors (Lipinski definition) is 0. The first-order valence-electron chi connectivity index (χ1n) is 5.85. The maximum Gasteiger partial charge on any atom is 0.302 e. The molecular formula is C14H18O2. The van der Waals surface area contributed by atoms with E-state index >= 15 is 0 Å². The van der Waals surface area contributed by atoms with Crippen molar-refractivity contribution in [1.82, 2.24) is 0 Å². The Balaban J connectivity index is 2.23. The van der Waals surface area contributed by atoms with Crippen molar-refractivity contribution in [2.24, 2.45) is 0 Å². The third kappa shape index (κ3) is 1.97. The van der Waals surface area contributed by atoms with Gasteiger partial charge in [0.2, 0.25) is 0 Å². The van der Waals surface area contributed by atoms with Gasteiger partial charge in [-0.05, 0) is 43.4 Å². The molecule has 2 rings (SSSR count). The third-order valence-corrected chi connectivity index (χ3v) is 3.47. The Morgan fingerprint density at radius 3 is 2.94 bits per heavy atom. The van der Waals surface area contributed by atoms with Crippen LogP contribution in [0.3, 0.4) is 0 Å². The molecule has 0 fully saturated rings. The highest BCUT2D eigenvalue weighted by Crippen LogP contribution is 2.37. The van der Waals surface area contributed by atoms with E-state index in [0.717, 1.165) is 12.8 Å². The number of esters is 1. The van der Waals surface area contributed by atoms with Gasteiger partial charge >= 0.3 is 5.97 Å². The number of carbonyl (C=O) groups is 1. The number of rotatable bonds is 2. The van der Waals surface area contributed by atoms with E-state index in [1.165, 1.54) is 23.6 Å². The molecule has 0 aromatic heterocycles. The first-order chi connectivity index (χ1) is 7.59. The Kier molecular flexibility index (Phi) is 2.99. The lowest BCUT2D eigenvalue weighted by atomic mass is 9.95. The Morgan fingerprint density at radius 1 is 1.50 bits per heavy atom. The fourth-order valence-electron chi connectivity index (χ4n) is 2.70. The highest BCUT2D eigenvalue weighted by atomic mass is 16.5. The SMILES string of the molecule is CC(=O)OC(C)C1CCc2c(C)cccc21. The number of benzene rings is 1. The molecule has 2 nitrogen and oxygen atoms in total. The summed E-state index contributed by atoms with van der Waals surface area (Å²) in [5.74, 6) is 0.187. The number of ether oxygens (including phenoxy) is 1. The lowest BCUT2D eigenvalue weighted by molar-refractivity contribution is -0.146. The fraction of sp³-hybridized carbons (Fsp3) is 0.500. The largest absolute Gasteiger partial charge is 0.462 e. The van der Waals surface area contributed by atoms with Crippen molar-refractivity contribution < 1.29 is 9.53 Å². The fourth-order valence-corrected chi connectivity index (χ4v) is 2.70. The molecule has 0 heterocycles. The first kappa shape index (κ1) is 11.2. The minimum atomic E-state index is -0.186. The number of aryl methyl sites for hydroxylation is 1. The Bertz CT molecular complexity index is 409. The molecule has 1 aliphatic carbocycles. The third-order valence-electron chi connectivity index (χ3n) is 3.47. The molecule has 0 radical (unpaired) electrons. The van der Waals surface area contributed by atoms with Gasteiger partial charge in [0, 0.05) is 12.8 Å². The Morgan fingerprint density at radius 2 is 2.25 bits per heavy atom. The zero-order valence-corrected chi connectivity index (χ0v) is 10.1. The molecule has 2 unspecified atom stereocenters. The summed E-state index contributed by atoms with van der Waals surface area (Å²) in [6, 6.07) is 6.41. The van der Waals surface area contributed by atoms with Crippen LogP contribution in [-0.2, 0) is 16.0 Å². The molecule has 0 N–H and O–H groups in total. The molecule has 16 heavy (non-hydrogen) atoms. The summed E-state index contributed by atoms with van der Waals surface area (Å²) in [6.07, 6.45) is 2.19. The van der Waals surface area contributed by atoms with Gasteiger partial charge in [-0.15, -0.1) is 0 Å².